The molecule has 0 aliphatic heterocycles. The molecule has 0 spiro atoms. The van der Waals surface area contributed by atoms with E-state index in [1.165, 1.54) is 0 Å². The molecule has 2 aromatic carbocycles. The van der Waals surface area contributed by atoms with Crippen LogP contribution in [-0.4, -0.2) is 5.97 Å². The Labute approximate surface area is 132 Å². The van der Waals surface area contributed by atoms with Gasteiger partial charge in [0.25, 0.3) is 0 Å². The standard InChI is InChI=1S/C15H12Cl2O4/c1-2-15(18)21-20-12-6-4-11(5-7-12)19-14-8-3-10(16)9-13(14)17/h3-9H,2H2,1H3. The largest absolute Gasteiger partial charge is 0.456 e. The van der Waals surface area contributed by atoms with Crippen molar-refractivity contribution in [2.24, 2.45) is 0 Å². The number of ether oxygens (including phenoxy) is 1. The first kappa shape index (κ1) is 15.5. The Balaban J connectivity index is 2.00. The van der Waals surface area contributed by atoms with E-state index in [1.54, 1.807) is 49.4 Å². The highest BCUT2D eigenvalue weighted by atomic mass is 35.5. The molecule has 0 heterocycles. The van der Waals surface area contributed by atoms with E-state index in [4.69, 9.17) is 32.8 Å². The van der Waals surface area contributed by atoms with E-state index in [9.17, 15) is 4.79 Å². The lowest BCUT2D eigenvalue weighted by atomic mass is 10.3. The number of halogens is 2. The van der Waals surface area contributed by atoms with Gasteiger partial charge in [-0.05, 0) is 42.5 Å². The van der Waals surface area contributed by atoms with Gasteiger partial charge in [-0.2, -0.15) is 0 Å². The van der Waals surface area contributed by atoms with Crippen molar-refractivity contribution in [1.29, 1.82) is 0 Å². The average molecular weight is 327 g/mol. The second-order valence-corrected chi connectivity index (χ2v) is 4.88. The Bertz CT molecular complexity index is 626. The Morgan fingerprint density at radius 2 is 1.71 bits per heavy atom. The first-order valence-corrected chi connectivity index (χ1v) is 6.94. The number of hydrogen-bond acceptors (Lipinski definition) is 4. The predicted molar refractivity (Wildman–Crippen MR) is 80.0 cm³/mol. The average Bonchev–Trinajstić information content (AvgIpc) is 2.49. The summed E-state index contributed by atoms with van der Waals surface area (Å²) in [6.45, 7) is 1.68. The summed E-state index contributed by atoms with van der Waals surface area (Å²) in [5.41, 5.74) is 0. The Kier molecular flexibility index (Phi) is 5.31. The van der Waals surface area contributed by atoms with Crippen molar-refractivity contribution >= 4 is 29.2 Å². The van der Waals surface area contributed by atoms with Crippen molar-refractivity contribution in [3.8, 4) is 17.2 Å². The summed E-state index contributed by atoms with van der Waals surface area (Å²) in [5.74, 6) is 1.01. The summed E-state index contributed by atoms with van der Waals surface area (Å²) >= 11 is 11.8. The summed E-state index contributed by atoms with van der Waals surface area (Å²) < 4.78 is 5.61. The highest BCUT2D eigenvalue weighted by Gasteiger charge is 2.05. The number of carbonyl (C=O) groups excluding carboxylic acids is 1. The van der Waals surface area contributed by atoms with Crippen molar-refractivity contribution in [3.05, 3.63) is 52.5 Å². The summed E-state index contributed by atoms with van der Waals surface area (Å²) in [6.07, 6.45) is 0.246. The molecular weight excluding hydrogens is 315 g/mol. The molecule has 0 aliphatic carbocycles. The number of rotatable bonds is 5. The van der Waals surface area contributed by atoms with E-state index in [0.29, 0.717) is 27.3 Å². The van der Waals surface area contributed by atoms with Crippen molar-refractivity contribution in [2.75, 3.05) is 0 Å². The van der Waals surface area contributed by atoms with Crippen molar-refractivity contribution in [1.82, 2.24) is 0 Å². The van der Waals surface area contributed by atoms with Gasteiger partial charge in [0.05, 0.1) is 5.02 Å². The topological polar surface area (TPSA) is 44.8 Å². The molecule has 6 heteroatoms. The molecule has 0 radical (unpaired) electrons. The van der Waals surface area contributed by atoms with Crippen LogP contribution in [-0.2, 0) is 9.68 Å². The molecule has 2 rings (SSSR count). The molecular formula is C15H12Cl2O4. The third-order valence-corrected chi connectivity index (χ3v) is 3.00. The molecule has 4 nitrogen and oxygen atoms in total. The van der Waals surface area contributed by atoms with Crippen LogP contribution in [0.5, 0.6) is 17.2 Å². The smallest absolute Gasteiger partial charge is 0.355 e. The van der Waals surface area contributed by atoms with Crippen LogP contribution >= 0.6 is 23.2 Å². The molecule has 0 bridgehead atoms. The second kappa shape index (κ2) is 7.20. The molecule has 110 valence electrons. The lowest BCUT2D eigenvalue weighted by Gasteiger charge is -2.08. The highest BCUT2D eigenvalue weighted by molar-refractivity contribution is 6.35. The summed E-state index contributed by atoms with van der Waals surface area (Å²) in [4.78, 5) is 20.4. The fourth-order valence-corrected chi connectivity index (χ4v) is 1.85. The molecule has 0 fully saturated rings. The highest BCUT2D eigenvalue weighted by Crippen LogP contribution is 2.32. The fourth-order valence-electron chi connectivity index (χ4n) is 1.40. The van der Waals surface area contributed by atoms with Gasteiger partial charge in [0, 0.05) is 11.4 Å². The Morgan fingerprint density at radius 1 is 1.05 bits per heavy atom. The maximum atomic E-state index is 11.0. The van der Waals surface area contributed by atoms with Crippen LogP contribution in [0.2, 0.25) is 10.0 Å². The molecule has 0 atom stereocenters. The second-order valence-electron chi connectivity index (χ2n) is 4.04. The minimum atomic E-state index is -0.441. The number of carbonyl (C=O) groups is 1. The van der Waals surface area contributed by atoms with E-state index in [2.05, 4.69) is 4.89 Å². The Hall–Kier alpha value is -1.91. The lowest BCUT2D eigenvalue weighted by Crippen LogP contribution is -2.05. The van der Waals surface area contributed by atoms with E-state index in [1.807, 2.05) is 0 Å². The van der Waals surface area contributed by atoms with Gasteiger partial charge < -0.3 is 4.74 Å². The van der Waals surface area contributed by atoms with Crippen LogP contribution in [0.4, 0.5) is 0 Å². The zero-order chi connectivity index (χ0) is 15.2. The molecule has 0 aromatic heterocycles. The van der Waals surface area contributed by atoms with Crippen LogP contribution in [0, 0.1) is 0 Å². The molecule has 0 N–H and O–H groups in total. The number of hydrogen-bond donors (Lipinski definition) is 0. The van der Waals surface area contributed by atoms with Crippen molar-refractivity contribution in [3.63, 3.8) is 0 Å². The third kappa shape index (κ3) is 4.55. The maximum Gasteiger partial charge on any atom is 0.355 e. The first-order chi connectivity index (χ1) is 10.1. The Morgan fingerprint density at radius 3 is 2.33 bits per heavy atom. The van der Waals surface area contributed by atoms with Crippen LogP contribution in [0.1, 0.15) is 13.3 Å². The van der Waals surface area contributed by atoms with Gasteiger partial charge in [-0.25, -0.2) is 4.79 Å². The lowest BCUT2D eigenvalue weighted by molar-refractivity contribution is -0.213. The van der Waals surface area contributed by atoms with Gasteiger partial charge in [-0.15, -0.1) is 0 Å². The molecule has 0 saturated carbocycles. The minimum Gasteiger partial charge on any atom is -0.456 e. The first-order valence-electron chi connectivity index (χ1n) is 6.19. The minimum absolute atomic E-state index is 0.246. The molecule has 0 amide bonds. The van der Waals surface area contributed by atoms with Crippen LogP contribution < -0.4 is 9.62 Å². The van der Waals surface area contributed by atoms with E-state index in [0.717, 1.165) is 0 Å². The van der Waals surface area contributed by atoms with Gasteiger partial charge in [0.15, 0.2) is 5.75 Å². The van der Waals surface area contributed by atoms with Crippen molar-refractivity contribution in [2.45, 2.75) is 13.3 Å². The summed E-state index contributed by atoms with van der Waals surface area (Å²) in [6, 6.07) is 11.5. The predicted octanol–water partition coefficient (Wildman–Crippen LogP) is 5.03. The van der Waals surface area contributed by atoms with Gasteiger partial charge >= 0.3 is 5.97 Å². The number of benzene rings is 2. The van der Waals surface area contributed by atoms with Gasteiger partial charge in [-0.3, -0.25) is 9.78 Å². The SMILES string of the molecule is CCC(=O)OOc1ccc(Oc2ccc(Cl)cc2Cl)cc1. The maximum absolute atomic E-state index is 11.0. The van der Waals surface area contributed by atoms with E-state index >= 15 is 0 Å². The monoisotopic (exact) mass is 326 g/mol. The fraction of sp³-hybridized carbons (Fsp3) is 0.133. The van der Waals surface area contributed by atoms with Gasteiger partial charge in [0.2, 0.25) is 0 Å². The van der Waals surface area contributed by atoms with E-state index < -0.39 is 5.97 Å². The zero-order valence-electron chi connectivity index (χ0n) is 11.1. The summed E-state index contributed by atoms with van der Waals surface area (Å²) in [7, 11) is 0. The van der Waals surface area contributed by atoms with Crippen LogP contribution in [0.3, 0.4) is 0 Å². The van der Waals surface area contributed by atoms with Crippen LogP contribution in [0.25, 0.3) is 0 Å². The quantitative estimate of drug-likeness (QED) is 0.570. The van der Waals surface area contributed by atoms with Crippen LogP contribution in [0.15, 0.2) is 42.5 Å². The molecule has 0 unspecified atom stereocenters. The molecule has 0 saturated heterocycles. The molecule has 21 heavy (non-hydrogen) atoms. The summed E-state index contributed by atoms with van der Waals surface area (Å²) in [5, 5.41) is 0.952. The zero-order valence-corrected chi connectivity index (χ0v) is 12.6. The van der Waals surface area contributed by atoms with Gasteiger partial charge in [0.1, 0.15) is 11.5 Å². The van der Waals surface area contributed by atoms with Crippen molar-refractivity contribution < 1.29 is 19.3 Å². The third-order valence-electron chi connectivity index (χ3n) is 2.46. The van der Waals surface area contributed by atoms with Gasteiger partial charge in [-0.1, -0.05) is 30.1 Å². The normalized spacial score (nSPS) is 10.0. The van der Waals surface area contributed by atoms with E-state index in [-0.39, 0.29) is 6.42 Å². The molecule has 0 aliphatic rings. The molecule has 2 aromatic rings.